The molecule has 0 aromatic heterocycles. The first-order valence-electron chi connectivity index (χ1n) is 7.23. The van der Waals surface area contributed by atoms with Crippen molar-refractivity contribution in [3.05, 3.63) is 34.9 Å². The highest BCUT2D eigenvalue weighted by molar-refractivity contribution is 6.30. The van der Waals surface area contributed by atoms with E-state index in [2.05, 4.69) is 16.2 Å². The summed E-state index contributed by atoms with van der Waals surface area (Å²) in [6, 6.07) is 6.09. The number of nitrogens with one attached hydrogen (secondary N) is 3. The largest absolute Gasteiger partial charge is 0.344 e. The molecule has 1 rings (SSSR count). The van der Waals surface area contributed by atoms with E-state index in [0.29, 0.717) is 5.02 Å². The van der Waals surface area contributed by atoms with Crippen LogP contribution in [-0.2, 0) is 20.8 Å². The van der Waals surface area contributed by atoms with E-state index >= 15 is 0 Å². The topological polar surface area (TPSA) is 87.3 Å². The maximum Gasteiger partial charge on any atom is 0.260 e. The fourth-order valence-electron chi connectivity index (χ4n) is 1.55. The van der Waals surface area contributed by atoms with Crippen molar-refractivity contribution in [1.82, 2.24) is 16.2 Å². The van der Waals surface area contributed by atoms with Crippen LogP contribution in [0.25, 0.3) is 0 Å². The smallest absolute Gasteiger partial charge is 0.260 e. The highest BCUT2D eigenvalue weighted by Gasteiger charge is 2.25. The summed E-state index contributed by atoms with van der Waals surface area (Å²) in [6.45, 7) is 6.80. The molecule has 1 aromatic carbocycles. The van der Waals surface area contributed by atoms with E-state index in [1.54, 1.807) is 52.0 Å². The summed E-state index contributed by atoms with van der Waals surface area (Å²) >= 11 is 5.77. The molecule has 0 saturated carbocycles. The molecule has 0 radical (unpaired) electrons. The van der Waals surface area contributed by atoms with Gasteiger partial charge in [0.1, 0.15) is 6.04 Å². The van der Waals surface area contributed by atoms with E-state index in [0.717, 1.165) is 5.56 Å². The lowest BCUT2D eigenvalue weighted by molar-refractivity contribution is -0.134. The van der Waals surface area contributed by atoms with Crippen LogP contribution in [0.1, 0.15) is 33.3 Å². The molecule has 6 nitrogen and oxygen atoms in total. The van der Waals surface area contributed by atoms with Crippen LogP contribution in [0.15, 0.2) is 24.3 Å². The van der Waals surface area contributed by atoms with Gasteiger partial charge < -0.3 is 5.32 Å². The predicted molar refractivity (Wildman–Crippen MR) is 88.5 cm³/mol. The molecular weight excluding hydrogens is 318 g/mol. The van der Waals surface area contributed by atoms with Gasteiger partial charge in [0.15, 0.2) is 0 Å². The maximum absolute atomic E-state index is 11.8. The normalized spacial score (nSPS) is 12.2. The van der Waals surface area contributed by atoms with Gasteiger partial charge in [-0.05, 0) is 24.6 Å². The Bertz CT molecular complexity index is 579. The average Bonchev–Trinajstić information content (AvgIpc) is 2.46. The first-order valence-corrected chi connectivity index (χ1v) is 7.61. The number of carbonyl (C=O) groups is 3. The molecule has 1 aromatic rings. The second-order valence-electron chi connectivity index (χ2n) is 6.29. The SMILES string of the molecule is CC(NC(=O)C(C)(C)C)C(=O)NNC(=O)Cc1ccc(Cl)cc1. The molecule has 0 saturated heterocycles. The monoisotopic (exact) mass is 339 g/mol. The van der Waals surface area contributed by atoms with E-state index in [4.69, 9.17) is 11.6 Å². The third kappa shape index (κ3) is 6.69. The second-order valence-corrected chi connectivity index (χ2v) is 6.72. The summed E-state index contributed by atoms with van der Waals surface area (Å²) in [5.74, 6) is -1.10. The van der Waals surface area contributed by atoms with E-state index in [-0.39, 0.29) is 18.2 Å². The van der Waals surface area contributed by atoms with E-state index in [9.17, 15) is 14.4 Å². The van der Waals surface area contributed by atoms with Crippen molar-refractivity contribution in [2.75, 3.05) is 0 Å². The van der Waals surface area contributed by atoms with Crippen molar-refractivity contribution in [2.45, 2.75) is 40.2 Å². The van der Waals surface area contributed by atoms with Gasteiger partial charge in [-0.2, -0.15) is 0 Å². The molecule has 3 amide bonds. The Balaban J connectivity index is 2.41. The minimum Gasteiger partial charge on any atom is -0.344 e. The van der Waals surface area contributed by atoms with Gasteiger partial charge in [0.2, 0.25) is 11.8 Å². The van der Waals surface area contributed by atoms with Crippen molar-refractivity contribution < 1.29 is 14.4 Å². The molecule has 0 heterocycles. The van der Waals surface area contributed by atoms with Crippen LogP contribution in [0.2, 0.25) is 5.02 Å². The van der Waals surface area contributed by atoms with Crippen LogP contribution >= 0.6 is 11.6 Å². The number of hydrogen-bond donors (Lipinski definition) is 3. The van der Waals surface area contributed by atoms with Crippen molar-refractivity contribution in [3.63, 3.8) is 0 Å². The fraction of sp³-hybridized carbons (Fsp3) is 0.438. The highest BCUT2D eigenvalue weighted by atomic mass is 35.5. The van der Waals surface area contributed by atoms with E-state index < -0.39 is 17.4 Å². The molecule has 0 aliphatic heterocycles. The second kappa shape index (κ2) is 7.97. The Morgan fingerprint density at radius 3 is 2.17 bits per heavy atom. The molecule has 1 unspecified atom stereocenters. The van der Waals surface area contributed by atoms with Gasteiger partial charge in [0.05, 0.1) is 6.42 Å². The lowest BCUT2D eigenvalue weighted by Crippen LogP contribution is -2.53. The average molecular weight is 340 g/mol. The maximum atomic E-state index is 11.8. The van der Waals surface area contributed by atoms with Crippen molar-refractivity contribution >= 4 is 29.3 Å². The lowest BCUT2D eigenvalue weighted by Gasteiger charge is -2.21. The fourth-order valence-corrected chi connectivity index (χ4v) is 1.68. The van der Waals surface area contributed by atoms with Crippen LogP contribution in [-0.4, -0.2) is 23.8 Å². The number of halogens is 1. The van der Waals surface area contributed by atoms with Crippen LogP contribution < -0.4 is 16.2 Å². The summed E-state index contributed by atoms with van der Waals surface area (Å²) in [5, 5.41) is 3.17. The summed E-state index contributed by atoms with van der Waals surface area (Å²) < 4.78 is 0. The number of benzene rings is 1. The zero-order valence-electron chi connectivity index (χ0n) is 13.7. The molecule has 126 valence electrons. The van der Waals surface area contributed by atoms with Crippen LogP contribution in [0.5, 0.6) is 0 Å². The van der Waals surface area contributed by atoms with Crippen LogP contribution in [0.4, 0.5) is 0 Å². The molecule has 23 heavy (non-hydrogen) atoms. The number of hydrogen-bond acceptors (Lipinski definition) is 3. The molecule has 0 aliphatic rings. The van der Waals surface area contributed by atoms with Gasteiger partial charge in [-0.25, -0.2) is 0 Å². The Morgan fingerprint density at radius 2 is 1.65 bits per heavy atom. The van der Waals surface area contributed by atoms with E-state index in [1.807, 2.05) is 0 Å². The third-order valence-electron chi connectivity index (χ3n) is 3.03. The van der Waals surface area contributed by atoms with Crippen molar-refractivity contribution in [3.8, 4) is 0 Å². The van der Waals surface area contributed by atoms with Crippen LogP contribution in [0, 0.1) is 5.41 Å². The Kier molecular flexibility index (Phi) is 6.57. The molecular formula is C16H22ClN3O3. The van der Waals surface area contributed by atoms with E-state index in [1.165, 1.54) is 0 Å². The minimum atomic E-state index is -0.752. The highest BCUT2D eigenvalue weighted by Crippen LogP contribution is 2.12. The quantitative estimate of drug-likeness (QED) is 0.728. The Morgan fingerprint density at radius 1 is 1.09 bits per heavy atom. The minimum absolute atomic E-state index is 0.111. The molecule has 7 heteroatoms. The molecule has 0 aliphatic carbocycles. The summed E-state index contributed by atoms with van der Waals surface area (Å²) in [5.41, 5.74) is 4.79. The zero-order chi connectivity index (χ0) is 17.6. The molecule has 1 atom stereocenters. The number of rotatable bonds is 4. The molecule has 3 N–H and O–H groups in total. The first kappa shape index (κ1) is 19.0. The zero-order valence-corrected chi connectivity index (χ0v) is 14.5. The standard InChI is InChI=1S/C16H22ClN3O3/c1-10(18-15(23)16(2,3)4)14(22)20-19-13(21)9-11-5-7-12(17)8-6-11/h5-8,10H,9H2,1-4H3,(H,18,23)(H,19,21)(H,20,22). The van der Waals surface area contributed by atoms with Gasteiger partial charge in [0, 0.05) is 10.4 Å². The van der Waals surface area contributed by atoms with Gasteiger partial charge >= 0.3 is 0 Å². The molecule has 0 fully saturated rings. The number of hydrazine groups is 1. The number of carbonyl (C=O) groups excluding carboxylic acids is 3. The van der Waals surface area contributed by atoms with Gasteiger partial charge in [-0.15, -0.1) is 0 Å². The van der Waals surface area contributed by atoms with Crippen molar-refractivity contribution in [1.29, 1.82) is 0 Å². The first-order chi connectivity index (χ1) is 10.6. The molecule has 0 bridgehead atoms. The molecule has 0 spiro atoms. The summed E-state index contributed by atoms with van der Waals surface area (Å²) in [7, 11) is 0. The summed E-state index contributed by atoms with van der Waals surface area (Å²) in [4.78, 5) is 35.4. The van der Waals surface area contributed by atoms with Gasteiger partial charge in [-0.3, -0.25) is 25.2 Å². The summed E-state index contributed by atoms with van der Waals surface area (Å²) in [6.07, 6.45) is 0.111. The van der Waals surface area contributed by atoms with Crippen molar-refractivity contribution in [2.24, 2.45) is 5.41 Å². The predicted octanol–water partition coefficient (Wildman–Crippen LogP) is 1.58. The van der Waals surface area contributed by atoms with Gasteiger partial charge in [0.25, 0.3) is 5.91 Å². The number of amides is 3. The van der Waals surface area contributed by atoms with Crippen LogP contribution in [0.3, 0.4) is 0 Å². The Labute approximate surface area is 140 Å². The lowest BCUT2D eigenvalue weighted by atomic mass is 9.95. The third-order valence-corrected chi connectivity index (χ3v) is 3.28. The van der Waals surface area contributed by atoms with Gasteiger partial charge in [-0.1, -0.05) is 44.5 Å². The Hall–Kier alpha value is -2.08.